The van der Waals surface area contributed by atoms with Gasteiger partial charge in [-0.15, -0.1) is 0 Å². The fourth-order valence-corrected chi connectivity index (χ4v) is 2.65. The number of rotatable bonds is 5. The van der Waals surface area contributed by atoms with E-state index >= 15 is 0 Å². The zero-order valence-corrected chi connectivity index (χ0v) is 16.3. The molecule has 2 N–H and O–H groups in total. The molecule has 0 aliphatic rings. The fourth-order valence-electron chi connectivity index (χ4n) is 2.65. The van der Waals surface area contributed by atoms with E-state index in [4.69, 9.17) is 0 Å². The lowest BCUT2D eigenvalue weighted by Crippen LogP contribution is -2.36. The number of nitrogens with one attached hydrogen (secondary N) is 2. The summed E-state index contributed by atoms with van der Waals surface area (Å²) in [5.74, 6) is 0.758. The molecule has 0 saturated carbocycles. The molecule has 2 aromatic carbocycles. The Balaban J connectivity index is 1.89. The van der Waals surface area contributed by atoms with E-state index in [-0.39, 0.29) is 5.91 Å². The Labute approximate surface area is 156 Å². The van der Waals surface area contributed by atoms with Crippen molar-refractivity contribution in [3.05, 3.63) is 70.3 Å². The molecule has 0 saturated heterocycles. The van der Waals surface area contributed by atoms with Crippen molar-refractivity contribution < 1.29 is 4.79 Å². The van der Waals surface area contributed by atoms with Gasteiger partial charge in [-0.25, -0.2) is 0 Å². The highest BCUT2D eigenvalue weighted by Crippen LogP contribution is 2.10. The molecule has 0 atom stereocenters. The fraction of sp³-hybridized carbons (Fsp3) is 0.333. The Kier molecular flexibility index (Phi) is 6.78. The Bertz CT molecular complexity index is 779. The lowest BCUT2D eigenvalue weighted by atomic mass is 10.1. The molecular weight excluding hydrogens is 324 g/mol. The molecule has 0 bridgehead atoms. The summed E-state index contributed by atoms with van der Waals surface area (Å²) >= 11 is 0. The Morgan fingerprint density at radius 1 is 1.00 bits per heavy atom. The van der Waals surface area contributed by atoms with Crippen LogP contribution in [0.5, 0.6) is 0 Å². The SMILES string of the molecule is CN=C(NCc1ccc(C(=O)N(C)C)cc1)NCc1ccc(C)cc1C. The van der Waals surface area contributed by atoms with Crippen molar-refractivity contribution in [2.24, 2.45) is 4.99 Å². The molecule has 5 nitrogen and oxygen atoms in total. The molecule has 2 rings (SSSR count). The third-order valence-corrected chi connectivity index (χ3v) is 4.24. The zero-order valence-electron chi connectivity index (χ0n) is 16.3. The van der Waals surface area contributed by atoms with Crippen LogP contribution in [0.2, 0.25) is 0 Å². The summed E-state index contributed by atoms with van der Waals surface area (Å²) in [5.41, 5.74) is 5.58. The highest BCUT2D eigenvalue weighted by Gasteiger charge is 2.07. The topological polar surface area (TPSA) is 56.7 Å². The predicted octanol–water partition coefficient (Wildman–Crippen LogP) is 2.87. The molecule has 0 aliphatic heterocycles. The number of amides is 1. The number of aliphatic imine (C=N–C) groups is 1. The highest BCUT2D eigenvalue weighted by molar-refractivity contribution is 5.93. The molecule has 0 spiro atoms. The molecule has 0 aromatic heterocycles. The Hall–Kier alpha value is -2.82. The van der Waals surface area contributed by atoms with Gasteiger partial charge < -0.3 is 15.5 Å². The van der Waals surface area contributed by atoms with Crippen LogP contribution in [0.1, 0.15) is 32.6 Å². The number of nitrogens with zero attached hydrogens (tertiary/aromatic N) is 2. The summed E-state index contributed by atoms with van der Waals surface area (Å²) in [6, 6.07) is 14.1. The average Bonchev–Trinajstić information content (AvgIpc) is 2.63. The lowest BCUT2D eigenvalue weighted by Gasteiger charge is -2.14. The summed E-state index contributed by atoms with van der Waals surface area (Å²) in [7, 11) is 5.27. The largest absolute Gasteiger partial charge is 0.352 e. The summed E-state index contributed by atoms with van der Waals surface area (Å²) in [4.78, 5) is 17.8. The van der Waals surface area contributed by atoms with Crippen LogP contribution in [0.3, 0.4) is 0 Å². The number of aryl methyl sites for hydroxylation is 2. The number of benzene rings is 2. The first-order valence-electron chi connectivity index (χ1n) is 8.72. The molecule has 138 valence electrons. The monoisotopic (exact) mass is 352 g/mol. The average molecular weight is 352 g/mol. The quantitative estimate of drug-likeness (QED) is 0.643. The van der Waals surface area contributed by atoms with Gasteiger partial charge in [0.25, 0.3) is 5.91 Å². The van der Waals surface area contributed by atoms with E-state index in [0.717, 1.165) is 18.1 Å². The number of hydrogen-bond acceptors (Lipinski definition) is 2. The lowest BCUT2D eigenvalue weighted by molar-refractivity contribution is 0.0827. The van der Waals surface area contributed by atoms with Crippen molar-refractivity contribution in [3.8, 4) is 0 Å². The molecule has 0 unspecified atom stereocenters. The Morgan fingerprint density at radius 2 is 1.65 bits per heavy atom. The van der Waals surface area contributed by atoms with Crippen molar-refractivity contribution in [1.82, 2.24) is 15.5 Å². The zero-order chi connectivity index (χ0) is 19.1. The molecule has 0 radical (unpaired) electrons. The van der Waals surface area contributed by atoms with E-state index in [1.807, 2.05) is 24.3 Å². The second-order valence-electron chi connectivity index (χ2n) is 6.61. The van der Waals surface area contributed by atoms with Crippen molar-refractivity contribution >= 4 is 11.9 Å². The predicted molar refractivity (Wildman–Crippen MR) is 107 cm³/mol. The van der Waals surface area contributed by atoms with Gasteiger partial charge >= 0.3 is 0 Å². The number of guanidine groups is 1. The first kappa shape index (κ1) is 19.5. The van der Waals surface area contributed by atoms with E-state index in [1.165, 1.54) is 16.7 Å². The minimum absolute atomic E-state index is 0.00968. The molecule has 2 aromatic rings. The van der Waals surface area contributed by atoms with Crippen LogP contribution in [0, 0.1) is 13.8 Å². The van der Waals surface area contributed by atoms with E-state index in [2.05, 4.69) is 47.7 Å². The van der Waals surface area contributed by atoms with Gasteiger partial charge in [-0.1, -0.05) is 35.9 Å². The summed E-state index contributed by atoms with van der Waals surface area (Å²) < 4.78 is 0. The standard InChI is InChI=1S/C21H28N4O/c1-15-6-9-19(16(2)12-15)14-24-21(22-3)23-13-17-7-10-18(11-8-17)20(26)25(4)5/h6-12H,13-14H2,1-5H3,(H2,22,23,24). The van der Waals surface area contributed by atoms with E-state index in [9.17, 15) is 4.79 Å². The maximum absolute atomic E-state index is 11.9. The minimum Gasteiger partial charge on any atom is -0.352 e. The Morgan fingerprint density at radius 3 is 2.23 bits per heavy atom. The normalized spacial score (nSPS) is 11.2. The number of carbonyl (C=O) groups is 1. The van der Waals surface area contributed by atoms with Gasteiger partial charge in [-0.3, -0.25) is 9.79 Å². The van der Waals surface area contributed by atoms with Crippen LogP contribution >= 0.6 is 0 Å². The van der Waals surface area contributed by atoms with Gasteiger partial charge in [0.1, 0.15) is 0 Å². The molecule has 1 amide bonds. The van der Waals surface area contributed by atoms with Gasteiger partial charge in [0, 0.05) is 39.8 Å². The van der Waals surface area contributed by atoms with Crippen LogP contribution in [-0.2, 0) is 13.1 Å². The third kappa shape index (κ3) is 5.34. The van der Waals surface area contributed by atoms with Crippen LogP contribution in [-0.4, -0.2) is 37.9 Å². The van der Waals surface area contributed by atoms with Crippen molar-refractivity contribution in [3.63, 3.8) is 0 Å². The number of carbonyl (C=O) groups excluding carboxylic acids is 1. The first-order valence-corrected chi connectivity index (χ1v) is 8.72. The summed E-state index contributed by atoms with van der Waals surface area (Å²) in [6.07, 6.45) is 0. The molecular formula is C21H28N4O. The molecule has 0 heterocycles. The maximum Gasteiger partial charge on any atom is 0.253 e. The highest BCUT2D eigenvalue weighted by atomic mass is 16.2. The third-order valence-electron chi connectivity index (χ3n) is 4.24. The van der Waals surface area contributed by atoms with Crippen LogP contribution in [0.25, 0.3) is 0 Å². The maximum atomic E-state index is 11.9. The second-order valence-corrected chi connectivity index (χ2v) is 6.61. The molecule has 0 fully saturated rings. The van der Waals surface area contributed by atoms with E-state index < -0.39 is 0 Å². The second kappa shape index (κ2) is 9.04. The summed E-state index contributed by atoms with van der Waals surface area (Å²) in [6.45, 7) is 5.59. The smallest absolute Gasteiger partial charge is 0.253 e. The first-order chi connectivity index (χ1) is 12.4. The van der Waals surface area contributed by atoms with Gasteiger partial charge in [0.15, 0.2) is 5.96 Å². The summed E-state index contributed by atoms with van der Waals surface area (Å²) in [5, 5.41) is 6.64. The van der Waals surface area contributed by atoms with E-state index in [1.54, 1.807) is 26.0 Å². The molecule has 0 aliphatic carbocycles. The van der Waals surface area contributed by atoms with Crippen LogP contribution in [0.15, 0.2) is 47.5 Å². The van der Waals surface area contributed by atoms with Gasteiger partial charge in [0.05, 0.1) is 0 Å². The van der Waals surface area contributed by atoms with Gasteiger partial charge in [-0.2, -0.15) is 0 Å². The van der Waals surface area contributed by atoms with Gasteiger partial charge in [-0.05, 0) is 42.7 Å². The van der Waals surface area contributed by atoms with E-state index in [0.29, 0.717) is 12.1 Å². The molecule has 5 heteroatoms. The minimum atomic E-state index is 0.00968. The number of hydrogen-bond donors (Lipinski definition) is 2. The van der Waals surface area contributed by atoms with Crippen molar-refractivity contribution in [2.45, 2.75) is 26.9 Å². The van der Waals surface area contributed by atoms with Crippen molar-refractivity contribution in [2.75, 3.05) is 21.1 Å². The molecule has 26 heavy (non-hydrogen) atoms. The van der Waals surface area contributed by atoms with Crippen LogP contribution in [0.4, 0.5) is 0 Å². The van der Waals surface area contributed by atoms with Crippen molar-refractivity contribution in [1.29, 1.82) is 0 Å². The van der Waals surface area contributed by atoms with Gasteiger partial charge in [0.2, 0.25) is 0 Å². The van der Waals surface area contributed by atoms with Crippen LogP contribution < -0.4 is 10.6 Å².